The van der Waals surface area contributed by atoms with E-state index in [1.54, 1.807) is 12.1 Å². The summed E-state index contributed by atoms with van der Waals surface area (Å²) in [5.74, 6) is -0.924. The van der Waals surface area contributed by atoms with Gasteiger partial charge in [-0.2, -0.15) is 0 Å². The van der Waals surface area contributed by atoms with Crippen molar-refractivity contribution in [1.82, 2.24) is 10.3 Å². The minimum absolute atomic E-state index is 0.0626. The van der Waals surface area contributed by atoms with E-state index in [0.29, 0.717) is 44.1 Å². The van der Waals surface area contributed by atoms with Crippen LogP contribution in [0.15, 0.2) is 48.7 Å². The number of pyridine rings is 1. The molecule has 1 fully saturated rings. The molecule has 3 rings (SSSR count). The largest absolute Gasteiger partial charge is 0.481 e. The van der Waals surface area contributed by atoms with Crippen molar-refractivity contribution in [1.29, 1.82) is 0 Å². The molecule has 2 aromatic rings. The molecule has 0 atom stereocenters. The summed E-state index contributed by atoms with van der Waals surface area (Å²) < 4.78 is 10.9. The van der Waals surface area contributed by atoms with Gasteiger partial charge in [-0.1, -0.05) is 30.3 Å². The van der Waals surface area contributed by atoms with Crippen molar-refractivity contribution in [3.05, 3.63) is 59.8 Å². The van der Waals surface area contributed by atoms with Gasteiger partial charge < -0.3 is 19.9 Å². The first-order chi connectivity index (χ1) is 13.1. The van der Waals surface area contributed by atoms with E-state index in [9.17, 15) is 14.7 Å². The Morgan fingerprint density at radius 1 is 1.19 bits per heavy atom. The van der Waals surface area contributed by atoms with Crippen LogP contribution in [-0.4, -0.2) is 41.7 Å². The number of aliphatic carboxylic acids is 1. The van der Waals surface area contributed by atoms with Crippen molar-refractivity contribution in [2.75, 3.05) is 19.8 Å². The predicted molar refractivity (Wildman–Crippen MR) is 97.5 cm³/mol. The zero-order valence-corrected chi connectivity index (χ0v) is 14.9. The lowest BCUT2D eigenvalue weighted by molar-refractivity contribution is -0.154. The highest BCUT2D eigenvalue weighted by molar-refractivity contribution is 5.94. The predicted octanol–water partition coefficient (Wildman–Crippen LogP) is 2.27. The Morgan fingerprint density at radius 3 is 2.63 bits per heavy atom. The van der Waals surface area contributed by atoms with Crippen LogP contribution in [-0.2, 0) is 16.1 Å². The maximum absolute atomic E-state index is 12.5. The molecule has 7 heteroatoms. The Kier molecular flexibility index (Phi) is 6.03. The Bertz CT molecular complexity index is 788. The molecular weight excluding hydrogens is 348 g/mol. The maximum atomic E-state index is 12.5. The number of hydrogen-bond acceptors (Lipinski definition) is 5. The number of benzene rings is 1. The first-order valence-electron chi connectivity index (χ1n) is 8.81. The number of nitrogens with zero attached hydrogens (tertiary/aromatic N) is 1. The Balaban J connectivity index is 1.60. The number of carbonyl (C=O) groups excluding carboxylic acids is 1. The molecule has 2 heterocycles. The van der Waals surface area contributed by atoms with Gasteiger partial charge in [-0.15, -0.1) is 0 Å². The van der Waals surface area contributed by atoms with Gasteiger partial charge in [0.15, 0.2) is 0 Å². The highest BCUT2D eigenvalue weighted by atomic mass is 16.5. The normalized spacial score (nSPS) is 15.7. The molecule has 7 nitrogen and oxygen atoms in total. The summed E-state index contributed by atoms with van der Waals surface area (Å²) in [7, 11) is 0. The number of amides is 1. The van der Waals surface area contributed by atoms with Crippen molar-refractivity contribution in [3.8, 4) is 5.88 Å². The molecule has 0 aliphatic carbocycles. The van der Waals surface area contributed by atoms with Gasteiger partial charge in [0.1, 0.15) is 6.61 Å². The molecule has 1 aliphatic rings. The lowest BCUT2D eigenvalue weighted by Gasteiger charge is -2.33. The van der Waals surface area contributed by atoms with Crippen molar-refractivity contribution in [2.45, 2.75) is 19.4 Å². The van der Waals surface area contributed by atoms with Crippen LogP contribution in [0.1, 0.15) is 28.8 Å². The standard InChI is InChI=1S/C20H22N2O5/c23-18(22-14-20(19(24)25)7-10-26-11-8-20)16-6-9-21-17(12-16)27-13-15-4-2-1-3-5-15/h1-6,9,12H,7-8,10-11,13-14H2,(H,22,23)(H,24,25). The molecule has 142 valence electrons. The van der Waals surface area contributed by atoms with Crippen molar-refractivity contribution < 1.29 is 24.2 Å². The van der Waals surface area contributed by atoms with E-state index >= 15 is 0 Å². The van der Waals surface area contributed by atoms with Gasteiger partial charge in [-0.3, -0.25) is 9.59 Å². The molecule has 0 spiro atoms. The van der Waals surface area contributed by atoms with Crippen LogP contribution in [0.25, 0.3) is 0 Å². The number of carboxylic acid groups (broad SMARTS) is 1. The van der Waals surface area contributed by atoms with Gasteiger partial charge in [-0.25, -0.2) is 4.98 Å². The molecule has 1 aromatic heterocycles. The minimum Gasteiger partial charge on any atom is -0.481 e. The number of carboxylic acids is 1. The van der Waals surface area contributed by atoms with Gasteiger partial charge >= 0.3 is 5.97 Å². The second-order valence-electron chi connectivity index (χ2n) is 6.54. The van der Waals surface area contributed by atoms with Crippen molar-refractivity contribution >= 4 is 11.9 Å². The first-order valence-corrected chi connectivity index (χ1v) is 8.81. The zero-order valence-electron chi connectivity index (χ0n) is 14.9. The molecule has 2 N–H and O–H groups in total. The smallest absolute Gasteiger partial charge is 0.311 e. The molecule has 1 aliphatic heterocycles. The summed E-state index contributed by atoms with van der Waals surface area (Å²) in [5.41, 5.74) is 0.394. The number of rotatable bonds is 7. The SMILES string of the molecule is O=C(NCC1(C(=O)O)CCOCC1)c1ccnc(OCc2ccccc2)c1. The van der Waals surface area contributed by atoms with Crippen LogP contribution < -0.4 is 10.1 Å². The second-order valence-corrected chi connectivity index (χ2v) is 6.54. The van der Waals surface area contributed by atoms with E-state index in [4.69, 9.17) is 9.47 Å². The fourth-order valence-electron chi connectivity index (χ4n) is 2.94. The third kappa shape index (κ3) is 4.83. The van der Waals surface area contributed by atoms with E-state index in [2.05, 4.69) is 10.3 Å². The van der Waals surface area contributed by atoms with E-state index in [1.807, 2.05) is 30.3 Å². The number of carbonyl (C=O) groups is 2. The van der Waals surface area contributed by atoms with Crippen LogP contribution in [0.3, 0.4) is 0 Å². The average molecular weight is 370 g/mol. The van der Waals surface area contributed by atoms with E-state index in [0.717, 1.165) is 5.56 Å². The molecule has 1 saturated heterocycles. The fourth-order valence-corrected chi connectivity index (χ4v) is 2.94. The second kappa shape index (κ2) is 8.64. The van der Waals surface area contributed by atoms with Crippen LogP contribution in [0.2, 0.25) is 0 Å². The van der Waals surface area contributed by atoms with E-state index < -0.39 is 11.4 Å². The molecule has 1 amide bonds. The summed E-state index contributed by atoms with van der Waals surface area (Å²) >= 11 is 0. The van der Waals surface area contributed by atoms with E-state index in [-0.39, 0.29) is 12.5 Å². The van der Waals surface area contributed by atoms with E-state index in [1.165, 1.54) is 6.20 Å². The van der Waals surface area contributed by atoms with Gasteiger partial charge in [0.25, 0.3) is 5.91 Å². The van der Waals surface area contributed by atoms with Gasteiger partial charge in [-0.05, 0) is 24.5 Å². The third-order valence-electron chi connectivity index (χ3n) is 4.72. The van der Waals surface area contributed by atoms with Crippen molar-refractivity contribution in [2.24, 2.45) is 5.41 Å². The third-order valence-corrected chi connectivity index (χ3v) is 4.72. The van der Waals surface area contributed by atoms with Gasteiger partial charge in [0, 0.05) is 37.6 Å². The Hall–Kier alpha value is -2.93. The molecular formula is C20H22N2O5. The monoisotopic (exact) mass is 370 g/mol. The zero-order chi connectivity index (χ0) is 19.1. The summed E-state index contributed by atoms with van der Waals surface area (Å²) in [6.45, 7) is 1.18. The number of hydrogen-bond donors (Lipinski definition) is 2. The van der Waals surface area contributed by atoms with Crippen molar-refractivity contribution in [3.63, 3.8) is 0 Å². The molecule has 1 aromatic carbocycles. The summed E-state index contributed by atoms with van der Waals surface area (Å²) in [4.78, 5) is 28.2. The lowest BCUT2D eigenvalue weighted by Crippen LogP contribution is -2.46. The number of nitrogens with one attached hydrogen (secondary N) is 1. The first kappa shape index (κ1) is 18.8. The Labute approximate surface area is 157 Å². The molecule has 0 radical (unpaired) electrons. The minimum atomic E-state index is -0.979. The van der Waals surface area contributed by atoms with Crippen LogP contribution in [0.4, 0.5) is 0 Å². The average Bonchev–Trinajstić information content (AvgIpc) is 2.72. The fraction of sp³-hybridized carbons (Fsp3) is 0.350. The van der Waals surface area contributed by atoms with Crippen LogP contribution in [0.5, 0.6) is 5.88 Å². The maximum Gasteiger partial charge on any atom is 0.311 e. The quantitative estimate of drug-likeness (QED) is 0.776. The summed E-state index contributed by atoms with van der Waals surface area (Å²) in [5, 5.41) is 12.3. The van der Waals surface area contributed by atoms with Crippen LogP contribution in [0, 0.1) is 5.41 Å². The highest BCUT2D eigenvalue weighted by Gasteiger charge is 2.40. The molecule has 0 unspecified atom stereocenters. The molecule has 27 heavy (non-hydrogen) atoms. The van der Waals surface area contributed by atoms with Gasteiger partial charge in [0.2, 0.25) is 5.88 Å². The van der Waals surface area contributed by atoms with Gasteiger partial charge in [0.05, 0.1) is 5.41 Å². The number of aromatic nitrogens is 1. The molecule has 0 bridgehead atoms. The number of ether oxygens (including phenoxy) is 2. The summed E-state index contributed by atoms with van der Waals surface area (Å²) in [6, 6.07) is 12.8. The lowest BCUT2D eigenvalue weighted by atomic mass is 9.80. The highest BCUT2D eigenvalue weighted by Crippen LogP contribution is 2.30. The topological polar surface area (TPSA) is 97.8 Å². The Morgan fingerprint density at radius 2 is 1.93 bits per heavy atom. The van der Waals surface area contributed by atoms with Crippen LogP contribution >= 0.6 is 0 Å². The summed E-state index contributed by atoms with van der Waals surface area (Å²) in [6.07, 6.45) is 2.26. The molecule has 0 saturated carbocycles.